The Kier molecular flexibility index (Phi) is 5.78. The van der Waals surface area contributed by atoms with Crippen molar-refractivity contribution in [2.24, 2.45) is 0 Å². The second-order valence-corrected chi connectivity index (χ2v) is 9.88. The van der Waals surface area contributed by atoms with E-state index in [1.807, 2.05) is 4.90 Å². The molecule has 0 spiro atoms. The average molecular weight is 494 g/mol. The smallest absolute Gasteiger partial charge is 0.323 e. The molecule has 0 aliphatic carbocycles. The quantitative estimate of drug-likeness (QED) is 0.498. The molecule has 3 N–H and O–H groups in total. The molecular weight excluding hydrogens is 474 g/mol. The van der Waals surface area contributed by atoms with Gasteiger partial charge in [0.05, 0.1) is 22.5 Å². The van der Waals surface area contributed by atoms with Crippen LogP contribution in [0.25, 0.3) is 11.0 Å². The number of halogens is 1. The maximum Gasteiger partial charge on any atom is 0.323 e. The molecule has 1 aromatic heterocycles. The van der Waals surface area contributed by atoms with E-state index < -0.39 is 10.0 Å². The van der Waals surface area contributed by atoms with Gasteiger partial charge in [0, 0.05) is 36.3 Å². The summed E-state index contributed by atoms with van der Waals surface area (Å²) >= 11 is 3.31. The van der Waals surface area contributed by atoms with Gasteiger partial charge in [0.2, 0.25) is 15.9 Å². The molecule has 0 saturated carbocycles. The minimum Gasteiger partial charge on any atom is -0.325 e. The molecule has 11 heteroatoms. The normalized spacial score (nSPS) is 16.0. The molecule has 4 rings (SSSR count). The van der Waals surface area contributed by atoms with E-state index in [0.717, 1.165) is 4.47 Å². The van der Waals surface area contributed by atoms with Crippen LogP contribution in [0.4, 0.5) is 5.69 Å². The van der Waals surface area contributed by atoms with Gasteiger partial charge in [-0.05, 0) is 42.5 Å². The number of hydrogen-bond donors (Lipinski definition) is 3. The minimum absolute atomic E-state index is 0.161. The van der Waals surface area contributed by atoms with Gasteiger partial charge in [-0.25, -0.2) is 13.2 Å². The zero-order valence-electron chi connectivity index (χ0n) is 15.9. The molecule has 1 amide bonds. The summed E-state index contributed by atoms with van der Waals surface area (Å²) in [6, 6.07) is 11.7. The summed E-state index contributed by atoms with van der Waals surface area (Å²) in [6.45, 7) is 1.74. The lowest BCUT2D eigenvalue weighted by Gasteiger charge is -2.33. The van der Waals surface area contributed by atoms with E-state index in [9.17, 15) is 18.0 Å². The van der Waals surface area contributed by atoms with E-state index >= 15 is 0 Å². The Labute approximate surface area is 181 Å². The summed E-state index contributed by atoms with van der Waals surface area (Å²) < 4.78 is 27.8. The molecular formula is C19H20BrN5O4S. The van der Waals surface area contributed by atoms with Crippen LogP contribution >= 0.6 is 15.9 Å². The third-order valence-corrected chi connectivity index (χ3v) is 7.39. The van der Waals surface area contributed by atoms with Crippen LogP contribution in [0.15, 0.2) is 56.6 Å². The van der Waals surface area contributed by atoms with Gasteiger partial charge in [0.1, 0.15) is 0 Å². The molecule has 0 radical (unpaired) electrons. The number of aromatic nitrogens is 2. The van der Waals surface area contributed by atoms with Gasteiger partial charge in [0.15, 0.2) is 0 Å². The lowest BCUT2D eigenvalue weighted by atomic mass is 10.2. The van der Waals surface area contributed by atoms with Crippen LogP contribution in [-0.4, -0.2) is 66.2 Å². The number of aromatic amines is 2. The van der Waals surface area contributed by atoms with Crippen LogP contribution in [0, 0.1) is 0 Å². The maximum absolute atomic E-state index is 12.8. The molecule has 0 atom stereocenters. The lowest BCUT2D eigenvalue weighted by Crippen LogP contribution is -2.50. The highest BCUT2D eigenvalue weighted by molar-refractivity contribution is 9.10. The van der Waals surface area contributed by atoms with Crippen molar-refractivity contribution in [1.82, 2.24) is 19.2 Å². The molecule has 2 heterocycles. The van der Waals surface area contributed by atoms with E-state index in [4.69, 9.17) is 0 Å². The predicted octanol–water partition coefficient (Wildman–Crippen LogP) is 1.56. The van der Waals surface area contributed by atoms with E-state index in [1.54, 1.807) is 42.5 Å². The summed E-state index contributed by atoms with van der Waals surface area (Å²) in [5, 5.41) is 2.81. The topological polar surface area (TPSA) is 118 Å². The van der Waals surface area contributed by atoms with Gasteiger partial charge in [-0.2, -0.15) is 4.31 Å². The number of imidazole rings is 1. The number of carbonyl (C=O) groups is 1. The Morgan fingerprint density at radius 1 is 1.00 bits per heavy atom. The first kappa shape index (κ1) is 20.8. The van der Waals surface area contributed by atoms with E-state index in [2.05, 4.69) is 31.2 Å². The summed E-state index contributed by atoms with van der Waals surface area (Å²) in [5.41, 5.74) is 1.56. The zero-order valence-corrected chi connectivity index (χ0v) is 18.3. The first-order valence-electron chi connectivity index (χ1n) is 9.31. The fraction of sp³-hybridized carbons (Fsp3) is 0.263. The van der Waals surface area contributed by atoms with Crippen LogP contribution in [0.1, 0.15) is 0 Å². The number of amides is 1. The number of hydrogen-bond acceptors (Lipinski definition) is 5. The summed E-state index contributed by atoms with van der Waals surface area (Å²) in [6.07, 6.45) is 0. The second-order valence-electron chi connectivity index (χ2n) is 7.02. The van der Waals surface area contributed by atoms with E-state index in [-0.39, 0.29) is 23.0 Å². The molecule has 30 heavy (non-hydrogen) atoms. The SMILES string of the molecule is O=C(CN1CCN(S(=O)(=O)c2ccc(Br)cc2)CC1)Nc1ccc2[nH]c(=O)[nH]c2c1. The second kappa shape index (κ2) is 8.34. The summed E-state index contributed by atoms with van der Waals surface area (Å²) in [4.78, 5) is 31.2. The van der Waals surface area contributed by atoms with Gasteiger partial charge < -0.3 is 15.3 Å². The maximum atomic E-state index is 12.8. The monoisotopic (exact) mass is 493 g/mol. The van der Waals surface area contributed by atoms with Crippen molar-refractivity contribution in [3.63, 3.8) is 0 Å². The van der Waals surface area contributed by atoms with Crippen molar-refractivity contribution in [3.8, 4) is 0 Å². The number of nitrogens with zero attached hydrogens (tertiary/aromatic N) is 2. The van der Waals surface area contributed by atoms with E-state index in [0.29, 0.717) is 42.9 Å². The molecule has 1 fully saturated rings. The predicted molar refractivity (Wildman–Crippen MR) is 117 cm³/mol. The van der Waals surface area contributed by atoms with Gasteiger partial charge in [-0.15, -0.1) is 0 Å². The molecule has 3 aromatic rings. The van der Waals surface area contributed by atoms with Crippen molar-refractivity contribution < 1.29 is 13.2 Å². The highest BCUT2D eigenvalue weighted by Crippen LogP contribution is 2.20. The average Bonchev–Trinajstić information content (AvgIpc) is 3.08. The van der Waals surface area contributed by atoms with Gasteiger partial charge in [-0.1, -0.05) is 15.9 Å². The number of nitrogens with one attached hydrogen (secondary N) is 3. The number of piperazine rings is 1. The first-order chi connectivity index (χ1) is 14.3. The Hall–Kier alpha value is -2.47. The molecule has 0 bridgehead atoms. The fourth-order valence-electron chi connectivity index (χ4n) is 3.40. The van der Waals surface area contributed by atoms with Crippen molar-refractivity contribution in [1.29, 1.82) is 0 Å². The van der Waals surface area contributed by atoms with Crippen LogP contribution in [0.2, 0.25) is 0 Å². The number of fused-ring (bicyclic) bond motifs is 1. The highest BCUT2D eigenvalue weighted by Gasteiger charge is 2.29. The minimum atomic E-state index is -3.54. The standard InChI is InChI=1S/C19H20BrN5O4S/c20-13-1-4-15(5-2-13)30(28,29)25-9-7-24(8-10-25)12-18(26)21-14-3-6-16-17(11-14)23-19(27)22-16/h1-6,11H,7-10,12H2,(H,21,26)(H2,22,23,27). The summed E-state index contributed by atoms with van der Waals surface area (Å²) in [5.74, 6) is -0.198. The molecule has 1 aliphatic heterocycles. The third-order valence-electron chi connectivity index (χ3n) is 4.95. The largest absolute Gasteiger partial charge is 0.325 e. The lowest BCUT2D eigenvalue weighted by molar-refractivity contribution is -0.117. The Morgan fingerprint density at radius 3 is 2.37 bits per heavy atom. The Morgan fingerprint density at radius 2 is 1.67 bits per heavy atom. The Balaban J connectivity index is 1.33. The highest BCUT2D eigenvalue weighted by atomic mass is 79.9. The third kappa shape index (κ3) is 4.48. The van der Waals surface area contributed by atoms with Crippen molar-refractivity contribution in [2.45, 2.75) is 4.90 Å². The van der Waals surface area contributed by atoms with Crippen LogP contribution in [0.3, 0.4) is 0 Å². The van der Waals surface area contributed by atoms with Gasteiger partial charge in [-0.3, -0.25) is 9.69 Å². The molecule has 0 unspecified atom stereocenters. The fourth-order valence-corrected chi connectivity index (χ4v) is 5.08. The first-order valence-corrected chi connectivity index (χ1v) is 11.5. The van der Waals surface area contributed by atoms with Crippen molar-refractivity contribution in [2.75, 3.05) is 38.0 Å². The Bertz CT molecular complexity index is 1230. The van der Waals surface area contributed by atoms with Gasteiger partial charge in [0.25, 0.3) is 0 Å². The number of sulfonamides is 1. The zero-order chi connectivity index (χ0) is 21.3. The molecule has 9 nitrogen and oxygen atoms in total. The molecule has 158 valence electrons. The number of benzene rings is 2. The van der Waals surface area contributed by atoms with Crippen LogP contribution in [0.5, 0.6) is 0 Å². The molecule has 1 aliphatic rings. The van der Waals surface area contributed by atoms with Crippen LogP contribution in [-0.2, 0) is 14.8 Å². The summed E-state index contributed by atoms with van der Waals surface area (Å²) in [7, 11) is -3.54. The van der Waals surface area contributed by atoms with Crippen molar-refractivity contribution in [3.05, 3.63) is 57.4 Å². The number of H-pyrrole nitrogens is 2. The number of rotatable bonds is 5. The van der Waals surface area contributed by atoms with E-state index in [1.165, 1.54) is 4.31 Å². The number of carbonyl (C=O) groups excluding carboxylic acids is 1. The van der Waals surface area contributed by atoms with Crippen LogP contribution < -0.4 is 11.0 Å². The van der Waals surface area contributed by atoms with Crippen molar-refractivity contribution >= 4 is 48.6 Å². The number of anilines is 1. The molecule has 1 saturated heterocycles. The molecule has 2 aromatic carbocycles. The van der Waals surface area contributed by atoms with Gasteiger partial charge >= 0.3 is 5.69 Å².